The van der Waals surface area contributed by atoms with E-state index in [1.54, 1.807) is 0 Å². The van der Waals surface area contributed by atoms with Gasteiger partial charge in [-0.15, -0.1) is 5.54 Å². The summed E-state index contributed by atoms with van der Waals surface area (Å²) in [4.78, 5) is 13.1. The average molecular weight is 667 g/mol. The molecule has 0 aliphatic heterocycles. The Bertz CT molecular complexity index is 986. The molecule has 242 valence electrons. The minimum atomic E-state index is -6.99. The fraction of sp³-hybridized carbons (Fsp3) is 0.875. The first-order chi connectivity index (χ1) is 18.1. The van der Waals surface area contributed by atoms with Crippen molar-refractivity contribution in [1.29, 1.82) is 0 Å². The Labute approximate surface area is 237 Å². The Hall–Kier alpha value is -0.856. The van der Waals surface area contributed by atoms with Gasteiger partial charge >= 0.3 is 31.5 Å². The van der Waals surface area contributed by atoms with Gasteiger partial charge in [0, 0.05) is 20.6 Å². The predicted octanol–water partition coefficient (Wildman–Crippen LogP) is 8.57. The second kappa shape index (κ2) is 13.8. The van der Waals surface area contributed by atoms with Crippen molar-refractivity contribution in [3.8, 4) is 11.5 Å². The van der Waals surface area contributed by atoms with E-state index in [2.05, 4.69) is 11.5 Å². The third-order valence-electron chi connectivity index (χ3n) is 6.80. The Balaban J connectivity index is 6.71. The van der Waals surface area contributed by atoms with Gasteiger partial charge in [-0.2, -0.15) is 39.5 Å². The lowest BCUT2D eigenvalue weighted by Gasteiger charge is -2.43. The summed E-state index contributed by atoms with van der Waals surface area (Å²) in [7, 11) is -7.66. The van der Waals surface area contributed by atoms with Crippen molar-refractivity contribution in [2.24, 2.45) is 5.92 Å². The molecule has 2 unspecified atom stereocenters. The Morgan fingerprint density at radius 3 is 1.61 bits per heavy atom. The van der Waals surface area contributed by atoms with Crippen LogP contribution in [-0.2, 0) is 22.8 Å². The highest BCUT2D eigenvalue weighted by Crippen LogP contribution is 2.55. The number of rotatable bonds is 15. The molecule has 0 bridgehead atoms. The van der Waals surface area contributed by atoms with Crippen LogP contribution in [0.5, 0.6) is 0 Å². The highest BCUT2D eigenvalue weighted by Gasteiger charge is 2.81. The zero-order valence-corrected chi connectivity index (χ0v) is 27.7. The van der Waals surface area contributed by atoms with Gasteiger partial charge in [-0.25, -0.2) is 0 Å². The van der Waals surface area contributed by atoms with Crippen LogP contribution in [0.1, 0.15) is 41.0 Å². The molecule has 0 aliphatic carbocycles. The van der Waals surface area contributed by atoms with Gasteiger partial charge in [0.05, 0.1) is 5.92 Å². The summed E-state index contributed by atoms with van der Waals surface area (Å²) in [5, 5.41) is 0. The summed E-state index contributed by atoms with van der Waals surface area (Å²) in [6.07, 6.45) is -11.0. The minimum Gasteiger partial charge on any atom is -0.402 e. The summed E-state index contributed by atoms with van der Waals surface area (Å²) >= 11 is 0. The first-order valence-corrected chi connectivity index (χ1v) is 20.2. The maximum absolute atomic E-state index is 14.6. The maximum Gasteiger partial charge on any atom is 0.460 e. The van der Waals surface area contributed by atoms with Gasteiger partial charge in [-0.3, -0.25) is 9.36 Å². The molecule has 0 spiro atoms. The van der Waals surface area contributed by atoms with Gasteiger partial charge in [0.15, 0.2) is 14.1 Å². The largest absolute Gasteiger partial charge is 0.460 e. The molecule has 0 heterocycles. The molecule has 0 aromatic heterocycles. The van der Waals surface area contributed by atoms with Crippen LogP contribution in [0.3, 0.4) is 0 Å². The van der Waals surface area contributed by atoms with Crippen molar-refractivity contribution in [1.82, 2.24) is 0 Å². The van der Waals surface area contributed by atoms with Crippen molar-refractivity contribution < 1.29 is 62.3 Å². The topological polar surface area (TPSA) is 61.8 Å². The van der Waals surface area contributed by atoms with Gasteiger partial charge in [0.1, 0.15) is 20.3 Å². The number of ketones is 1. The molecule has 0 aliphatic rings. The normalized spacial score (nSPS) is 16.0. The van der Waals surface area contributed by atoms with Gasteiger partial charge in [0.2, 0.25) is 0 Å². The molecule has 0 fully saturated rings. The zero-order chi connectivity index (χ0) is 33.0. The van der Waals surface area contributed by atoms with Crippen molar-refractivity contribution in [2.45, 2.75) is 108 Å². The molecule has 0 N–H and O–H groups in total. The first kappa shape index (κ1) is 40.1. The van der Waals surface area contributed by atoms with E-state index < -0.39 is 95.4 Å². The van der Waals surface area contributed by atoms with E-state index in [-0.39, 0.29) is 0 Å². The minimum absolute atomic E-state index is 0.655. The average Bonchev–Trinajstić information content (AvgIpc) is 2.81. The van der Waals surface area contributed by atoms with Crippen LogP contribution in [0.25, 0.3) is 0 Å². The van der Waals surface area contributed by atoms with Crippen LogP contribution in [0.4, 0.5) is 39.5 Å². The van der Waals surface area contributed by atoms with Gasteiger partial charge in [-0.1, -0.05) is 60.2 Å². The molecule has 17 heteroatoms. The summed E-state index contributed by atoms with van der Waals surface area (Å²) in [6, 6.07) is -0.945. The van der Waals surface area contributed by atoms with Crippen LogP contribution in [0, 0.1) is 17.4 Å². The molecule has 0 saturated heterocycles. The third-order valence-corrected chi connectivity index (χ3v) is 15.1. The van der Waals surface area contributed by atoms with Crippen LogP contribution in [0.2, 0.25) is 36.8 Å². The lowest BCUT2D eigenvalue weighted by Crippen LogP contribution is -2.61. The summed E-state index contributed by atoms with van der Waals surface area (Å²) in [5.74, 6) is -18.5. The Kier molecular flexibility index (Phi) is 13.6. The first-order valence-electron chi connectivity index (χ1n) is 12.7. The fourth-order valence-corrected chi connectivity index (χ4v) is 10.2. The number of hydrogen-bond donors (Lipinski definition) is 0. The van der Waals surface area contributed by atoms with E-state index in [9.17, 15) is 48.9 Å². The van der Waals surface area contributed by atoms with Crippen LogP contribution in [0.15, 0.2) is 0 Å². The van der Waals surface area contributed by atoms with Crippen LogP contribution < -0.4 is 0 Å². The molecular formula is C24H40F9O5PSi2. The summed E-state index contributed by atoms with van der Waals surface area (Å²) in [5.41, 5.74) is 1.68. The van der Waals surface area contributed by atoms with Gasteiger partial charge in [0.25, 0.3) is 0 Å². The van der Waals surface area contributed by atoms with Crippen LogP contribution >= 0.6 is 7.60 Å². The number of alkyl halides is 9. The van der Waals surface area contributed by atoms with Crippen molar-refractivity contribution in [3.63, 3.8) is 0 Å². The molecule has 41 heavy (non-hydrogen) atoms. The second-order valence-electron chi connectivity index (χ2n) is 11.6. The van der Waals surface area contributed by atoms with E-state index in [1.807, 2.05) is 19.6 Å². The van der Waals surface area contributed by atoms with E-state index in [0.717, 1.165) is 14.2 Å². The Morgan fingerprint density at radius 2 is 1.27 bits per heavy atom. The third kappa shape index (κ3) is 9.56. The molecule has 0 aromatic carbocycles. The molecular weight excluding hydrogens is 626 g/mol. The number of carbonyl (C=O) groups is 1. The Morgan fingerprint density at radius 1 is 0.829 bits per heavy atom. The van der Waals surface area contributed by atoms with Gasteiger partial charge in [-0.05, 0) is 17.1 Å². The standard InChI is InChI=1S/C24H40F9O5PSi2/c1-16(2)41(17(3)4,14-12-21(25,26)22(27,28)23(29,30)24(31,32)33)38-20(11-13-40(8,9)10)18(5)19(34)15-39(35,36-6)37-7/h16-18,20H,12,14-15H2,1-10H3. The number of carbonyl (C=O) groups excluding carboxylic acids is 1. The molecule has 0 radical (unpaired) electrons. The van der Waals surface area contributed by atoms with E-state index in [4.69, 9.17) is 13.5 Å². The smallest absolute Gasteiger partial charge is 0.402 e. The van der Waals surface area contributed by atoms with E-state index in [0.29, 0.717) is 0 Å². The molecule has 2 atom stereocenters. The van der Waals surface area contributed by atoms with E-state index in [1.165, 1.54) is 34.6 Å². The fourth-order valence-electron chi connectivity index (χ4n) is 3.98. The quantitative estimate of drug-likeness (QED) is 0.0759. The number of hydrogen-bond acceptors (Lipinski definition) is 5. The highest BCUT2D eigenvalue weighted by molar-refractivity contribution is 7.54. The molecule has 0 amide bonds. The summed E-state index contributed by atoms with van der Waals surface area (Å²) < 4.78 is 151. The zero-order valence-electron chi connectivity index (χ0n) is 24.8. The second-order valence-corrected chi connectivity index (χ2v) is 23.5. The van der Waals surface area contributed by atoms with Gasteiger partial charge < -0.3 is 13.5 Å². The van der Waals surface area contributed by atoms with Crippen LogP contribution in [-0.4, -0.2) is 72.6 Å². The monoisotopic (exact) mass is 666 g/mol. The van der Waals surface area contributed by atoms with E-state index >= 15 is 0 Å². The SMILES string of the molecule is COP(=O)(CC(=O)C(C)C(C#C[Si](C)(C)C)O[Si](CCC(F)(F)C(F)(F)C(F)(F)C(F)(F)F)(C(C)C)C(C)C)OC. The highest BCUT2D eigenvalue weighted by atomic mass is 31.2. The van der Waals surface area contributed by atoms with Crippen molar-refractivity contribution in [3.05, 3.63) is 0 Å². The maximum atomic E-state index is 14.6. The summed E-state index contributed by atoms with van der Waals surface area (Å²) in [6.45, 7) is 13.0. The molecule has 0 aromatic rings. The number of Topliss-reactive ketones (excluding diaryl/α,β-unsaturated/α-hetero) is 1. The lowest BCUT2D eigenvalue weighted by molar-refractivity contribution is -0.396. The number of halogens is 9. The molecule has 5 nitrogen and oxygen atoms in total. The van der Waals surface area contributed by atoms with Crippen molar-refractivity contribution >= 4 is 29.8 Å². The molecule has 0 saturated carbocycles. The predicted molar refractivity (Wildman–Crippen MR) is 143 cm³/mol. The van der Waals surface area contributed by atoms with Crippen molar-refractivity contribution in [2.75, 3.05) is 20.4 Å². The molecule has 0 rings (SSSR count). The lowest BCUT2D eigenvalue weighted by atomic mass is 10.0.